The van der Waals surface area contributed by atoms with E-state index in [1.165, 1.54) is 0 Å². The second-order valence-electron chi connectivity index (χ2n) is 0.894. The molecule has 0 spiro atoms. The van der Waals surface area contributed by atoms with Gasteiger partial charge in [-0.3, -0.25) is 0 Å². The maximum absolute atomic E-state index is 8.25. The van der Waals surface area contributed by atoms with E-state index in [4.69, 9.17) is 61.3 Å². The molecule has 1 radical (unpaired) electrons. The van der Waals surface area contributed by atoms with Crippen molar-refractivity contribution in [3.05, 3.63) is 61.3 Å². The molecular weight excluding hydrogens is 434 g/mol. The molecule has 0 aromatic rings. The van der Waals surface area contributed by atoms with Crippen LogP contribution in [-0.2, 0) is 20.4 Å². The number of nitrogens with zero attached hydrogens (tertiary/aromatic N) is 4. The fourth-order valence-corrected chi connectivity index (χ4v) is 0. The van der Waals surface area contributed by atoms with Crippen LogP contribution >= 0.6 is 0 Å². The Morgan fingerprint density at radius 3 is 0.412 bits per heavy atom. The molecule has 0 aromatic heterocycles. The number of rotatable bonds is 0. The van der Waals surface area contributed by atoms with Gasteiger partial charge in [-0.1, -0.05) is 0 Å². The van der Waals surface area contributed by atoms with Gasteiger partial charge in [-0.05, 0) is 0 Å². The molecule has 0 aromatic carbocycles. The van der Waals surface area contributed by atoms with Crippen molar-refractivity contribution >= 4 is 0 Å². The second-order valence-corrected chi connectivity index (χ2v) is 0.894. The van der Waals surface area contributed by atoms with Gasteiger partial charge in [0.1, 0.15) is 0 Å². The minimum Gasteiger partial charge on any atom is -0.356 e. The first-order valence-electron chi connectivity index (χ1n) is 2.19. The van der Waals surface area contributed by atoms with Crippen LogP contribution in [0.15, 0.2) is 0 Å². The van der Waals surface area contributed by atoms with Crippen LogP contribution in [-0.4, -0.2) is 20.3 Å². The Kier molecular flexibility index (Phi) is 40.2. The van der Waals surface area contributed by atoms with Crippen LogP contribution in [0.5, 0.6) is 0 Å². The van der Waals surface area contributed by atoms with E-state index >= 15 is 0 Å². The summed E-state index contributed by atoms with van der Waals surface area (Å²) < 4.78 is 0. The van der Waals surface area contributed by atoms with Crippen molar-refractivity contribution in [1.29, 1.82) is 0 Å². The van der Waals surface area contributed by atoms with Gasteiger partial charge in [0.05, 0.1) is 20.3 Å². The zero-order valence-electron chi connectivity index (χ0n) is 7.07. The first-order chi connectivity index (χ1) is 6.93. The van der Waals surface area contributed by atoms with E-state index in [0.717, 1.165) is 0 Å². The quantitative estimate of drug-likeness (QED) is 0.329. The van der Waals surface area contributed by atoms with E-state index in [9.17, 15) is 0 Å². The van der Waals surface area contributed by atoms with Crippen LogP contribution in [0.25, 0.3) is 0 Å². The van der Waals surface area contributed by atoms with Crippen molar-refractivity contribution in [2.45, 2.75) is 0 Å². The van der Waals surface area contributed by atoms with E-state index in [-0.39, 0.29) is 20.4 Å². The normalized spacial score (nSPS) is 5.65. The molecule has 16 nitrogen and oxygen atoms in total. The maximum atomic E-state index is 8.25. The third-order valence-electron chi connectivity index (χ3n) is 0. The smallest absolute Gasteiger partial charge is 0.356 e. The standard InChI is InChI=1S/4NO3.Re/c4*2-1(3)4;/q4*-1;+4. The van der Waals surface area contributed by atoms with Crippen molar-refractivity contribution in [3.8, 4) is 0 Å². The minimum absolute atomic E-state index is 0. The summed E-state index contributed by atoms with van der Waals surface area (Å²) in [6.07, 6.45) is 0. The molecule has 0 aliphatic rings. The molecular formula is N4O12Re. The summed E-state index contributed by atoms with van der Waals surface area (Å²) >= 11 is 0. The van der Waals surface area contributed by atoms with E-state index in [1.54, 1.807) is 0 Å². The summed E-state index contributed by atoms with van der Waals surface area (Å²) in [4.78, 5) is 33.0. The Morgan fingerprint density at radius 2 is 0.412 bits per heavy atom. The zero-order chi connectivity index (χ0) is 14.3. The van der Waals surface area contributed by atoms with Crippen LogP contribution in [0.4, 0.5) is 0 Å². The Hall–Kier alpha value is -2.54. The number of hydrogen-bond donors (Lipinski definition) is 0. The summed E-state index contributed by atoms with van der Waals surface area (Å²) in [6.45, 7) is 0. The average molecular weight is 434 g/mol. The van der Waals surface area contributed by atoms with Crippen LogP contribution in [0.1, 0.15) is 0 Å². The molecule has 0 N–H and O–H groups in total. The van der Waals surface area contributed by atoms with Gasteiger partial charge in [-0.15, -0.1) is 0 Å². The van der Waals surface area contributed by atoms with Gasteiger partial charge >= 0.3 is 20.4 Å². The van der Waals surface area contributed by atoms with Crippen LogP contribution in [0, 0.1) is 61.3 Å². The Bertz CT molecular complexity index is 159. The van der Waals surface area contributed by atoms with Crippen molar-refractivity contribution in [2.75, 3.05) is 0 Å². The molecule has 0 amide bonds. The van der Waals surface area contributed by atoms with E-state index in [0.29, 0.717) is 0 Å². The molecule has 0 bridgehead atoms. The first kappa shape index (κ1) is 29.3. The molecule has 0 aliphatic carbocycles. The largest absolute Gasteiger partial charge is 4.00 e. The zero-order valence-corrected chi connectivity index (χ0v) is 9.78. The SMILES string of the molecule is O=[N+]([O-])[O-].O=[N+]([O-])[O-].O=[N+]([O-])[O-].O=[N+]([O-])[O-].[Re+4]. The molecule has 0 saturated carbocycles. The van der Waals surface area contributed by atoms with Gasteiger partial charge in [0.25, 0.3) is 0 Å². The molecule has 0 atom stereocenters. The molecule has 99 valence electrons. The Labute approximate surface area is 103 Å². The second kappa shape index (κ2) is 23.4. The molecule has 0 rings (SSSR count). The summed E-state index contributed by atoms with van der Waals surface area (Å²) in [7, 11) is 0. The fraction of sp³-hybridized carbons (Fsp3) is 0. The van der Waals surface area contributed by atoms with Gasteiger partial charge in [0, 0.05) is 0 Å². The summed E-state index contributed by atoms with van der Waals surface area (Å²) in [5.74, 6) is 0. The molecule has 0 saturated heterocycles. The molecule has 0 fully saturated rings. The van der Waals surface area contributed by atoms with Gasteiger partial charge in [0.15, 0.2) is 0 Å². The van der Waals surface area contributed by atoms with E-state index in [1.807, 2.05) is 0 Å². The van der Waals surface area contributed by atoms with Gasteiger partial charge in [-0.25, -0.2) is 0 Å². The molecule has 0 unspecified atom stereocenters. The van der Waals surface area contributed by atoms with Crippen molar-refractivity contribution in [2.24, 2.45) is 0 Å². The maximum Gasteiger partial charge on any atom is 4.00 e. The molecule has 17 heavy (non-hydrogen) atoms. The van der Waals surface area contributed by atoms with Gasteiger partial charge in [-0.2, -0.15) is 0 Å². The van der Waals surface area contributed by atoms with E-state index < -0.39 is 20.3 Å². The van der Waals surface area contributed by atoms with E-state index in [2.05, 4.69) is 0 Å². The predicted molar refractivity (Wildman–Crippen MR) is 41.4 cm³/mol. The van der Waals surface area contributed by atoms with Gasteiger partial charge < -0.3 is 61.3 Å². The molecule has 0 heterocycles. The van der Waals surface area contributed by atoms with Crippen LogP contribution < -0.4 is 0 Å². The fourth-order valence-electron chi connectivity index (χ4n) is 0. The average Bonchev–Trinajstić information content (AvgIpc) is 1.76. The van der Waals surface area contributed by atoms with Crippen molar-refractivity contribution in [1.82, 2.24) is 0 Å². The summed E-state index contributed by atoms with van der Waals surface area (Å²) in [6, 6.07) is 0. The van der Waals surface area contributed by atoms with Crippen LogP contribution in [0.2, 0.25) is 0 Å². The minimum atomic E-state index is -1.75. The third-order valence-corrected chi connectivity index (χ3v) is 0. The first-order valence-corrected chi connectivity index (χ1v) is 2.19. The van der Waals surface area contributed by atoms with Crippen LogP contribution in [0.3, 0.4) is 0 Å². The monoisotopic (exact) mass is 435 g/mol. The Morgan fingerprint density at radius 1 is 0.412 bits per heavy atom. The third kappa shape index (κ3) is 275. The topological polar surface area (TPSA) is 265 Å². The number of hydrogen-bond acceptors (Lipinski definition) is 12. The predicted octanol–water partition coefficient (Wildman–Crippen LogP) is -0.959. The Balaban J connectivity index is -0.0000000369. The van der Waals surface area contributed by atoms with Gasteiger partial charge in [0.2, 0.25) is 0 Å². The molecule has 17 heteroatoms. The summed E-state index contributed by atoms with van der Waals surface area (Å²) in [5.41, 5.74) is 0. The van der Waals surface area contributed by atoms with Crippen molar-refractivity contribution < 1.29 is 40.8 Å². The van der Waals surface area contributed by atoms with Crippen molar-refractivity contribution in [3.63, 3.8) is 0 Å². The summed E-state index contributed by atoms with van der Waals surface area (Å²) in [5, 5.41) is 59.0. The molecule has 0 aliphatic heterocycles.